The van der Waals surface area contributed by atoms with Crippen LogP contribution in [0.15, 0.2) is 47.3 Å². The van der Waals surface area contributed by atoms with Crippen molar-refractivity contribution >= 4 is 0 Å². The molecule has 2 rings (SSSR count). The summed E-state index contributed by atoms with van der Waals surface area (Å²) in [6, 6.07) is 8.02. The first-order valence-electron chi connectivity index (χ1n) is 7.49. The van der Waals surface area contributed by atoms with E-state index in [9.17, 15) is 0 Å². The van der Waals surface area contributed by atoms with Gasteiger partial charge in [-0.15, -0.1) is 0 Å². The summed E-state index contributed by atoms with van der Waals surface area (Å²) in [6.45, 7) is 7.58. The molecule has 2 aromatic rings. The Hall–Kier alpha value is -1.65. The minimum Gasteiger partial charge on any atom is -0.468 e. The van der Waals surface area contributed by atoms with Crippen LogP contribution in [-0.2, 0) is 17.8 Å². The molecule has 0 aliphatic carbocycles. The summed E-state index contributed by atoms with van der Waals surface area (Å²) in [5, 5.41) is 0. The average Bonchev–Trinajstić information content (AvgIpc) is 2.97. The zero-order valence-electron chi connectivity index (χ0n) is 12.9. The quantitative estimate of drug-likeness (QED) is 0.662. The van der Waals surface area contributed by atoms with Gasteiger partial charge in [0, 0.05) is 32.1 Å². The van der Waals surface area contributed by atoms with Crippen molar-refractivity contribution in [3.63, 3.8) is 0 Å². The van der Waals surface area contributed by atoms with Crippen molar-refractivity contribution in [2.75, 3.05) is 13.2 Å². The molecule has 0 aromatic carbocycles. The molecule has 0 fully saturated rings. The maximum absolute atomic E-state index is 5.62. The van der Waals surface area contributed by atoms with Gasteiger partial charge in [-0.25, -0.2) is 0 Å². The molecule has 0 spiro atoms. The van der Waals surface area contributed by atoms with Crippen molar-refractivity contribution in [1.29, 1.82) is 0 Å². The van der Waals surface area contributed by atoms with Gasteiger partial charge < -0.3 is 9.15 Å². The third-order valence-corrected chi connectivity index (χ3v) is 3.16. The fourth-order valence-electron chi connectivity index (χ4n) is 2.19. The fraction of sp³-hybridized carbons (Fsp3) is 0.471. The molecule has 0 atom stereocenters. The second-order valence-corrected chi connectivity index (χ2v) is 5.42. The monoisotopic (exact) mass is 288 g/mol. The Morgan fingerprint density at radius 1 is 1.24 bits per heavy atom. The predicted octanol–water partition coefficient (Wildman–Crippen LogP) is 3.49. The van der Waals surface area contributed by atoms with Gasteiger partial charge in [0.1, 0.15) is 5.76 Å². The van der Waals surface area contributed by atoms with Gasteiger partial charge in [0.05, 0.1) is 18.9 Å². The number of furan rings is 1. The molecule has 2 aromatic heterocycles. The van der Waals surface area contributed by atoms with Gasteiger partial charge in [-0.1, -0.05) is 6.07 Å². The lowest BCUT2D eigenvalue weighted by Crippen LogP contribution is -2.25. The number of aromatic nitrogens is 1. The van der Waals surface area contributed by atoms with E-state index < -0.39 is 0 Å². The number of hydrogen-bond acceptors (Lipinski definition) is 4. The topological polar surface area (TPSA) is 38.5 Å². The van der Waals surface area contributed by atoms with Crippen molar-refractivity contribution in [3.8, 4) is 0 Å². The minimum absolute atomic E-state index is 0.293. The number of hydrogen-bond donors (Lipinski definition) is 0. The van der Waals surface area contributed by atoms with E-state index in [1.54, 1.807) is 12.5 Å². The zero-order chi connectivity index (χ0) is 14.9. The van der Waals surface area contributed by atoms with Crippen LogP contribution in [0.3, 0.4) is 0 Å². The van der Waals surface area contributed by atoms with Gasteiger partial charge in [0.15, 0.2) is 0 Å². The van der Waals surface area contributed by atoms with Crippen LogP contribution in [0.25, 0.3) is 0 Å². The largest absolute Gasteiger partial charge is 0.468 e. The van der Waals surface area contributed by atoms with E-state index in [0.29, 0.717) is 6.10 Å². The van der Waals surface area contributed by atoms with Crippen molar-refractivity contribution < 1.29 is 9.15 Å². The first-order valence-corrected chi connectivity index (χ1v) is 7.49. The third kappa shape index (κ3) is 6.10. The SMILES string of the molecule is CC(C)OCCCN(Cc1cccnc1)Cc1ccco1. The Balaban J connectivity index is 1.87. The van der Waals surface area contributed by atoms with Crippen molar-refractivity contribution in [2.24, 2.45) is 0 Å². The molecule has 0 N–H and O–H groups in total. The Morgan fingerprint density at radius 3 is 2.81 bits per heavy atom. The van der Waals surface area contributed by atoms with Crippen LogP contribution in [0.4, 0.5) is 0 Å². The van der Waals surface area contributed by atoms with Crippen LogP contribution < -0.4 is 0 Å². The predicted molar refractivity (Wildman–Crippen MR) is 82.8 cm³/mol. The summed E-state index contributed by atoms with van der Waals surface area (Å²) in [6.07, 6.45) is 6.75. The van der Waals surface area contributed by atoms with Crippen LogP contribution in [-0.4, -0.2) is 29.1 Å². The van der Waals surface area contributed by atoms with Crippen LogP contribution >= 0.6 is 0 Å². The van der Waals surface area contributed by atoms with Gasteiger partial charge in [0.25, 0.3) is 0 Å². The molecule has 0 saturated heterocycles. The molecule has 0 saturated carbocycles. The molecule has 4 nitrogen and oxygen atoms in total. The normalized spacial score (nSPS) is 11.4. The molecule has 4 heteroatoms. The number of nitrogens with zero attached hydrogens (tertiary/aromatic N) is 2. The Labute approximate surface area is 126 Å². The van der Waals surface area contributed by atoms with Gasteiger partial charge in [-0.05, 0) is 44.0 Å². The summed E-state index contributed by atoms with van der Waals surface area (Å²) in [5.74, 6) is 0.990. The van der Waals surface area contributed by atoms with E-state index in [0.717, 1.165) is 38.4 Å². The van der Waals surface area contributed by atoms with Gasteiger partial charge in [-0.2, -0.15) is 0 Å². The highest BCUT2D eigenvalue weighted by atomic mass is 16.5. The highest BCUT2D eigenvalue weighted by Gasteiger charge is 2.09. The molecule has 0 bridgehead atoms. The molecular formula is C17H24N2O2. The molecule has 21 heavy (non-hydrogen) atoms. The number of rotatable bonds is 9. The molecule has 114 valence electrons. The smallest absolute Gasteiger partial charge is 0.117 e. The van der Waals surface area contributed by atoms with E-state index >= 15 is 0 Å². The fourth-order valence-corrected chi connectivity index (χ4v) is 2.19. The van der Waals surface area contributed by atoms with Crippen LogP contribution in [0.1, 0.15) is 31.6 Å². The van der Waals surface area contributed by atoms with Crippen molar-refractivity contribution in [1.82, 2.24) is 9.88 Å². The molecule has 0 aliphatic heterocycles. The number of pyridine rings is 1. The van der Waals surface area contributed by atoms with E-state index in [1.165, 1.54) is 5.56 Å². The third-order valence-electron chi connectivity index (χ3n) is 3.16. The van der Waals surface area contributed by atoms with E-state index in [2.05, 4.69) is 29.8 Å². The second kappa shape index (κ2) is 8.60. The van der Waals surface area contributed by atoms with Crippen molar-refractivity contribution in [3.05, 3.63) is 54.2 Å². The Morgan fingerprint density at radius 2 is 2.14 bits per heavy atom. The standard InChI is InChI=1S/C17H24N2O2/c1-15(2)20-11-5-9-19(14-17-7-4-10-21-17)13-16-6-3-8-18-12-16/h3-4,6-8,10,12,15H,5,9,11,13-14H2,1-2H3. The summed E-state index contributed by atoms with van der Waals surface area (Å²) in [5.41, 5.74) is 1.22. The molecule has 0 radical (unpaired) electrons. The summed E-state index contributed by atoms with van der Waals surface area (Å²) < 4.78 is 11.1. The minimum atomic E-state index is 0.293. The van der Waals surface area contributed by atoms with Gasteiger partial charge in [-0.3, -0.25) is 9.88 Å². The molecule has 2 heterocycles. The van der Waals surface area contributed by atoms with Gasteiger partial charge in [0.2, 0.25) is 0 Å². The first kappa shape index (κ1) is 15.7. The molecule has 0 aliphatic rings. The average molecular weight is 288 g/mol. The zero-order valence-corrected chi connectivity index (χ0v) is 12.9. The van der Waals surface area contributed by atoms with Gasteiger partial charge >= 0.3 is 0 Å². The summed E-state index contributed by atoms with van der Waals surface area (Å²) >= 11 is 0. The Bertz CT molecular complexity index is 483. The highest BCUT2D eigenvalue weighted by Crippen LogP contribution is 2.10. The van der Waals surface area contributed by atoms with E-state index in [-0.39, 0.29) is 0 Å². The lowest BCUT2D eigenvalue weighted by atomic mass is 10.2. The first-order chi connectivity index (χ1) is 10.2. The molecular weight excluding hydrogens is 264 g/mol. The van der Waals surface area contributed by atoms with E-state index in [4.69, 9.17) is 9.15 Å². The van der Waals surface area contributed by atoms with E-state index in [1.807, 2.05) is 24.4 Å². The summed E-state index contributed by atoms with van der Waals surface area (Å²) in [7, 11) is 0. The van der Waals surface area contributed by atoms with Crippen molar-refractivity contribution in [2.45, 2.75) is 39.5 Å². The summed E-state index contributed by atoms with van der Waals surface area (Å²) in [4.78, 5) is 6.54. The highest BCUT2D eigenvalue weighted by molar-refractivity contribution is 5.08. The maximum atomic E-state index is 5.62. The van der Waals surface area contributed by atoms with Crippen LogP contribution in [0, 0.1) is 0 Å². The maximum Gasteiger partial charge on any atom is 0.117 e. The number of ether oxygens (including phenoxy) is 1. The van der Waals surface area contributed by atoms with Crippen LogP contribution in [0.2, 0.25) is 0 Å². The molecule has 0 amide bonds. The molecule has 0 unspecified atom stereocenters. The second-order valence-electron chi connectivity index (χ2n) is 5.42. The lowest BCUT2D eigenvalue weighted by molar-refractivity contribution is 0.0686. The van der Waals surface area contributed by atoms with Crippen LogP contribution in [0.5, 0.6) is 0 Å². The Kier molecular flexibility index (Phi) is 6.44. The lowest BCUT2D eigenvalue weighted by Gasteiger charge is -2.21.